The highest BCUT2D eigenvalue weighted by Crippen LogP contribution is 2.14. The maximum absolute atomic E-state index is 11.8. The van der Waals surface area contributed by atoms with E-state index in [0.29, 0.717) is 19.6 Å². The van der Waals surface area contributed by atoms with E-state index in [1.807, 2.05) is 0 Å². The fraction of sp³-hybridized carbons (Fsp3) is 1.00. The summed E-state index contributed by atoms with van der Waals surface area (Å²) in [6, 6.07) is 0. The topological polar surface area (TPSA) is 84.9 Å². The molecule has 1 heterocycles. The Morgan fingerprint density at radius 3 is 2.83 bits per heavy atom. The minimum atomic E-state index is -3.40. The SMILES string of the molecule is COCCC(C)(O)CNS(=O)(=O)CC1CCCO1. The highest BCUT2D eigenvalue weighted by molar-refractivity contribution is 7.89. The predicted octanol–water partition coefficient (Wildman–Crippen LogP) is -0.128. The van der Waals surface area contributed by atoms with Crippen LogP contribution in [0.25, 0.3) is 0 Å². The Kier molecular flexibility index (Phi) is 6.00. The van der Waals surface area contributed by atoms with Crippen molar-refractivity contribution >= 4 is 10.0 Å². The number of aliphatic hydroxyl groups is 1. The van der Waals surface area contributed by atoms with E-state index >= 15 is 0 Å². The number of sulfonamides is 1. The number of methoxy groups -OCH3 is 1. The molecule has 1 rings (SSSR count). The monoisotopic (exact) mass is 281 g/mol. The van der Waals surface area contributed by atoms with Gasteiger partial charge in [0.05, 0.1) is 17.5 Å². The molecule has 2 atom stereocenters. The maximum Gasteiger partial charge on any atom is 0.214 e. The van der Waals surface area contributed by atoms with Crippen LogP contribution in [-0.4, -0.2) is 57.9 Å². The fourth-order valence-corrected chi connectivity index (χ4v) is 3.16. The van der Waals surface area contributed by atoms with Gasteiger partial charge in [0, 0.05) is 33.3 Å². The van der Waals surface area contributed by atoms with E-state index in [2.05, 4.69) is 4.72 Å². The molecule has 0 amide bonds. The van der Waals surface area contributed by atoms with Crippen LogP contribution in [0.15, 0.2) is 0 Å². The van der Waals surface area contributed by atoms with Crippen molar-refractivity contribution in [2.24, 2.45) is 0 Å². The van der Waals surface area contributed by atoms with Crippen LogP contribution in [0, 0.1) is 0 Å². The van der Waals surface area contributed by atoms with Gasteiger partial charge in [-0.1, -0.05) is 0 Å². The number of ether oxygens (including phenoxy) is 2. The zero-order valence-corrected chi connectivity index (χ0v) is 11.8. The number of nitrogens with one attached hydrogen (secondary N) is 1. The van der Waals surface area contributed by atoms with Crippen molar-refractivity contribution < 1.29 is 23.0 Å². The van der Waals surface area contributed by atoms with Gasteiger partial charge in [-0.15, -0.1) is 0 Å². The third-order valence-corrected chi connectivity index (χ3v) is 4.34. The second kappa shape index (κ2) is 6.81. The zero-order valence-electron chi connectivity index (χ0n) is 11.0. The Labute approximate surface area is 109 Å². The summed E-state index contributed by atoms with van der Waals surface area (Å²) in [7, 11) is -1.86. The van der Waals surface area contributed by atoms with E-state index in [4.69, 9.17) is 9.47 Å². The zero-order chi connectivity index (χ0) is 13.6. The minimum Gasteiger partial charge on any atom is -0.389 e. The van der Waals surface area contributed by atoms with E-state index in [9.17, 15) is 13.5 Å². The van der Waals surface area contributed by atoms with Crippen molar-refractivity contribution in [1.82, 2.24) is 4.72 Å². The third kappa shape index (κ3) is 6.10. The van der Waals surface area contributed by atoms with Crippen LogP contribution in [0.1, 0.15) is 26.2 Å². The number of hydrogen-bond donors (Lipinski definition) is 2. The van der Waals surface area contributed by atoms with E-state index < -0.39 is 15.6 Å². The van der Waals surface area contributed by atoms with Crippen LogP contribution >= 0.6 is 0 Å². The molecule has 0 radical (unpaired) electrons. The predicted molar refractivity (Wildman–Crippen MR) is 67.9 cm³/mol. The van der Waals surface area contributed by atoms with Crippen molar-refractivity contribution in [1.29, 1.82) is 0 Å². The standard InChI is InChI=1S/C11H23NO5S/c1-11(13,5-7-16-2)9-12-18(14,15)8-10-4-3-6-17-10/h10,12-13H,3-9H2,1-2H3. The Morgan fingerprint density at radius 2 is 2.28 bits per heavy atom. The molecule has 0 saturated carbocycles. The van der Waals surface area contributed by atoms with Gasteiger partial charge in [-0.2, -0.15) is 0 Å². The molecule has 1 saturated heterocycles. The van der Waals surface area contributed by atoms with Crippen molar-refractivity contribution in [2.75, 3.05) is 32.6 Å². The summed E-state index contributed by atoms with van der Waals surface area (Å²) in [5.41, 5.74) is -1.10. The van der Waals surface area contributed by atoms with Crippen LogP contribution < -0.4 is 4.72 Å². The van der Waals surface area contributed by atoms with Gasteiger partial charge < -0.3 is 14.6 Å². The Hall–Kier alpha value is -0.210. The largest absolute Gasteiger partial charge is 0.389 e. The van der Waals surface area contributed by atoms with Gasteiger partial charge in [-0.3, -0.25) is 0 Å². The molecule has 0 aliphatic carbocycles. The van der Waals surface area contributed by atoms with Gasteiger partial charge in [0.2, 0.25) is 10.0 Å². The molecule has 0 aromatic rings. The van der Waals surface area contributed by atoms with E-state index in [0.717, 1.165) is 12.8 Å². The average Bonchev–Trinajstić information content (AvgIpc) is 2.76. The molecule has 0 spiro atoms. The molecule has 7 heteroatoms. The van der Waals surface area contributed by atoms with Crippen LogP contribution in [0.4, 0.5) is 0 Å². The van der Waals surface area contributed by atoms with E-state index in [1.165, 1.54) is 7.11 Å². The van der Waals surface area contributed by atoms with Gasteiger partial charge in [-0.05, 0) is 19.8 Å². The van der Waals surface area contributed by atoms with Crippen LogP contribution in [-0.2, 0) is 19.5 Å². The van der Waals surface area contributed by atoms with Gasteiger partial charge in [0.15, 0.2) is 0 Å². The summed E-state index contributed by atoms with van der Waals surface area (Å²) in [5.74, 6) is -0.0344. The van der Waals surface area contributed by atoms with E-state index in [-0.39, 0.29) is 18.4 Å². The van der Waals surface area contributed by atoms with Crippen LogP contribution in [0.5, 0.6) is 0 Å². The fourth-order valence-electron chi connectivity index (χ4n) is 1.76. The maximum atomic E-state index is 11.8. The van der Waals surface area contributed by atoms with E-state index in [1.54, 1.807) is 6.92 Å². The minimum absolute atomic E-state index is 0.00852. The second-order valence-electron chi connectivity index (χ2n) is 4.98. The molecule has 6 nitrogen and oxygen atoms in total. The molecule has 0 bridgehead atoms. The summed E-state index contributed by atoms with van der Waals surface area (Å²) < 4.78 is 36.1. The first-order valence-electron chi connectivity index (χ1n) is 6.15. The van der Waals surface area contributed by atoms with Gasteiger partial charge in [0.25, 0.3) is 0 Å². The Balaban J connectivity index is 2.35. The van der Waals surface area contributed by atoms with Crippen molar-refractivity contribution in [2.45, 2.75) is 37.9 Å². The van der Waals surface area contributed by atoms with Gasteiger partial charge >= 0.3 is 0 Å². The quantitative estimate of drug-likeness (QED) is 0.647. The number of rotatable bonds is 8. The normalized spacial score (nSPS) is 24.1. The lowest BCUT2D eigenvalue weighted by Gasteiger charge is -2.23. The highest BCUT2D eigenvalue weighted by Gasteiger charge is 2.26. The lowest BCUT2D eigenvalue weighted by atomic mass is 10.0. The average molecular weight is 281 g/mol. The first kappa shape index (κ1) is 15.8. The molecular formula is C11H23NO5S. The van der Waals surface area contributed by atoms with Crippen LogP contribution in [0.3, 0.4) is 0 Å². The first-order chi connectivity index (χ1) is 8.35. The molecule has 18 heavy (non-hydrogen) atoms. The lowest BCUT2D eigenvalue weighted by molar-refractivity contribution is 0.0291. The highest BCUT2D eigenvalue weighted by atomic mass is 32.2. The molecule has 2 N–H and O–H groups in total. The molecule has 2 unspecified atom stereocenters. The smallest absolute Gasteiger partial charge is 0.214 e. The summed E-state index contributed by atoms with van der Waals surface area (Å²) >= 11 is 0. The number of hydrogen-bond acceptors (Lipinski definition) is 5. The molecule has 0 aromatic carbocycles. The van der Waals surface area contributed by atoms with Crippen molar-refractivity contribution in [3.8, 4) is 0 Å². The van der Waals surface area contributed by atoms with Crippen molar-refractivity contribution in [3.05, 3.63) is 0 Å². The second-order valence-corrected chi connectivity index (χ2v) is 6.83. The first-order valence-corrected chi connectivity index (χ1v) is 7.80. The molecule has 1 aliphatic heterocycles. The lowest BCUT2D eigenvalue weighted by Crippen LogP contribution is -2.43. The summed E-state index contributed by atoms with van der Waals surface area (Å²) in [6.07, 6.45) is 1.85. The molecule has 0 aromatic heterocycles. The molecule has 1 aliphatic rings. The summed E-state index contributed by atoms with van der Waals surface area (Å²) in [4.78, 5) is 0. The third-order valence-electron chi connectivity index (χ3n) is 2.95. The summed E-state index contributed by atoms with van der Waals surface area (Å²) in [6.45, 7) is 2.60. The van der Waals surface area contributed by atoms with Gasteiger partial charge in [0.1, 0.15) is 0 Å². The van der Waals surface area contributed by atoms with Gasteiger partial charge in [-0.25, -0.2) is 13.1 Å². The summed E-state index contributed by atoms with van der Waals surface area (Å²) in [5, 5.41) is 9.93. The molecular weight excluding hydrogens is 258 g/mol. The molecule has 108 valence electrons. The Bertz CT molecular complexity index is 335. The molecule has 1 fully saturated rings. The Morgan fingerprint density at radius 1 is 1.56 bits per heavy atom. The van der Waals surface area contributed by atoms with Crippen molar-refractivity contribution in [3.63, 3.8) is 0 Å². The van der Waals surface area contributed by atoms with Crippen LogP contribution in [0.2, 0.25) is 0 Å².